The maximum atomic E-state index is 9.91. The number of carbonyl (C=O) groups excluding carboxylic acids is 1. The van der Waals surface area contributed by atoms with Crippen molar-refractivity contribution < 1.29 is 23.7 Å². The van der Waals surface area contributed by atoms with Gasteiger partial charge in [-0.05, 0) is 44.4 Å². The maximum absolute atomic E-state index is 9.91. The molecule has 30 heavy (non-hydrogen) atoms. The number of hydrogen-bond acceptors (Lipinski definition) is 5. The third kappa shape index (κ3) is 23.6. The molecule has 0 atom stereocenters. The van der Waals surface area contributed by atoms with Gasteiger partial charge in [0.25, 0.3) is 0 Å². The van der Waals surface area contributed by atoms with Crippen LogP contribution in [0, 0.1) is 17.8 Å². The zero-order valence-electron chi connectivity index (χ0n) is 20.9. The van der Waals surface area contributed by atoms with Crippen LogP contribution in [0.1, 0.15) is 74.1 Å². The van der Waals surface area contributed by atoms with E-state index in [4.69, 9.17) is 18.9 Å². The van der Waals surface area contributed by atoms with Gasteiger partial charge in [-0.15, -0.1) is 0 Å². The molecule has 1 rings (SSSR count). The van der Waals surface area contributed by atoms with Crippen molar-refractivity contribution in [2.24, 2.45) is 17.8 Å². The molecule has 0 radical (unpaired) electrons. The highest BCUT2D eigenvalue weighted by Crippen LogP contribution is 2.32. The number of ether oxygens (including phenoxy) is 4. The largest absolute Gasteiger partial charge is 0.377 e. The van der Waals surface area contributed by atoms with Gasteiger partial charge in [-0.3, -0.25) is 4.79 Å². The Balaban J connectivity index is 0. The van der Waals surface area contributed by atoms with E-state index in [-0.39, 0.29) is 6.10 Å². The molecular weight excluding hydrogens is 382 g/mol. The minimum Gasteiger partial charge on any atom is -0.377 e. The molecule has 0 saturated heterocycles. The Kier molecular flexibility index (Phi) is 25.8. The highest BCUT2D eigenvalue weighted by Gasteiger charge is 2.20. The van der Waals surface area contributed by atoms with Gasteiger partial charge < -0.3 is 24.3 Å². The van der Waals surface area contributed by atoms with Crippen LogP contribution in [-0.4, -0.2) is 65.3 Å². The number of nitrogens with one attached hydrogen (secondary N) is 1. The van der Waals surface area contributed by atoms with E-state index >= 15 is 0 Å². The normalized spacial score (nSPS) is 18.3. The van der Waals surface area contributed by atoms with E-state index in [0.29, 0.717) is 59.2 Å². The van der Waals surface area contributed by atoms with Gasteiger partial charge in [0.15, 0.2) is 0 Å². The third-order valence-electron chi connectivity index (χ3n) is 4.90. The zero-order chi connectivity index (χ0) is 23.0. The van der Waals surface area contributed by atoms with Crippen LogP contribution < -0.4 is 5.32 Å². The molecule has 0 aliphatic heterocycles. The average molecular weight is 434 g/mol. The summed E-state index contributed by atoms with van der Waals surface area (Å²) in [7, 11) is 0. The Hall–Kier alpha value is -0.690. The second-order valence-corrected chi connectivity index (χ2v) is 8.09. The predicted molar refractivity (Wildman–Crippen MR) is 125 cm³/mol. The van der Waals surface area contributed by atoms with Crippen LogP contribution in [0.4, 0.5) is 0 Å². The quantitative estimate of drug-likeness (QED) is 0.299. The molecule has 1 aliphatic rings. The van der Waals surface area contributed by atoms with Gasteiger partial charge in [0, 0.05) is 6.54 Å². The van der Waals surface area contributed by atoms with Gasteiger partial charge in [0.05, 0.1) is 52.4 Å². The van der Waals surface area contributed by atoms with Crippen LogP contribution >= 0.6 is 0 Å². The number of rotatable bonds is 15. The number of hydrogen-bond donors (Lipinski definition) is 1. The van der Waals surface area contributed by atoms with Crippen molar-refractivity contribution >= 4 is 6.41 Å². The Bertz CT molecular complexity index is 332. The molecule has 0 aromatic heterocycles. The van der Waals surface area contributed by atoms with Gasteiger partial charge in [-0.1, -0.05) is 47.5 Å². The summed E-state index contributed by atoms with van der Waals surface area (Å²) in [6.07, 6.45) is 6.82. The summed E-state index contributed by atoms with van der Waals surface area (Å²) < 4.78 is 21.1. The summed E-state index contributed by atoms with van der Waals surface area (Å²) >= 11 is 0. The monoisotopic (exact) mass is 433 g/mol. The minimum atomic E-state index is 0.246. The van der Waals surface area contributed by atoms with Gasteiger partial charge in [0.1, 0.15) is 0 Å². The Labute approximate surface area is 186 Å². The van der Waals surface area contributed by atoms with E-state index in [1.807, 2.05) is 27.7 Å². The summed E-state index contributed by atoms with van der Waals surface area (Å²) in [5, 5.41) is 2.51. The maximum Gasteiger partial charge on any atom is 0.207 e. The fourth-order valence-corrected chi connectivity index (χ4v) is 3.03. The van der Waals surface area contributed by atoms with E-state index in [0.717, 1.165) is 17.8 Å². The molecule has 0 unspecified atom stereocenters. The first-order valence-corrected chi connectivity index (χ1v) is 12.0. The SMILES string of the molecule is CC.CC(C)OCCOCCOCCOCCNC=O.CC1CCC(C(C)C)CC1. The first-order chi connectivity index (χ1) is 14.5. The molecule has 6 heteroatoms. The molecule has 0 aromatic rings. The van der Waals surface area contributed by atoms with E-state index in [1.54, 1.807) is 0 Å². The van der Waals surface area contributed by atoms with Crippen molar-refractivity contribution in [3.8, 4) is 0 Å². The summed E-state index contributed by atoms with van der Waals surface area (Å²) in [6, 6.07) is 0. The highest BCUT2D eigenvalue weighted by molar-refractivity contribution is 5.45. The first-order valence-electron chi connectivity index (χ1n) is 12.0. The predicted octanol–water partition coefficient (Wildman–Crippen LogP) is 4.70. The lowest BCUT2D eigenvalue weighted by atomic mass is 9.78. The van der Waals surface area contributed by atoms with E-state index in [1.165, 1.54) is 25.7 Å². The van der Waals surface area contributed by atoms with Crippen molar-refractivity contribution in [2.45, 2.75) is 80.3 Å². The lowest BCUT2D eigenvalue weighted by Gasteiger charge is -2.28. The molecule has 0 bridgehead atoms. The molecule has 182 valence electrons. The summed E-state index contributed by atoms with van der Waals surface area (Å²) in [5.41, 5.74) is 0. The lowest BCUT2D eigenvalue weighted by molar-refractivity contribution is -0.109. The molecular formula is C24H51NO5. The van der Waals surface area contributed by atoms with Crippen LogP contribution in [0.3, 0.4) is 0 Å². The zero-order valence-corrected chi connectivity index (χ0v) is 20.9. The van der Waals surface area contributed by atoms with Crippen molar-refractivity contribution in [2.75, 3.05) is 52.8 Å². The van der Waals surface area contributed by atoms with Gasteiger partial charge in [-0.25, -0.2) is 0 Å². The lowest BCUT2D eigenvalue weighted by Crippen LogP contribution is -2.19. The van der Waals surface area contributed by atoms with Crippen LogP contribution in [-0.2, 0) is 23.7 Å². The second kappa shape index (κ2) is 24.6. The smallest absolute Gasteiger partial charge is 0.207 e. The van der Waals surface area contributed by atoms with E-state index < -0.39 is 0 Å². The topological polar surface area (TPSA) is 66.0 Å². The summed E-state index contributed by atoms with van der Waals surface area (Å²) in [6.45, 7) is 19.5. The molecule has 0 aromatic carbocycles. The van der Waals surface area contributed by atoms with E-state index in [2.05, 4.69) is 26.1 Å². The Morgan fingerprint density at radius 3 is 1.70 bits per heavy atom. The number of amides is 1. The van der Waals surface area contributed by atoms with Crippen LogP contribution in [0.2, 0.25) is 0 Å². The number of carbonyl (C=O) groups is 1. The molecule has 0 spiro atoms. The summed E-state index contributed by atoms with van der Waals surface area (Å²) in [5.74, 6) is 2.97. The average Bonchev–Trinajstić information content (AvgIpc) is 2.73. The highest BCUT2D eigenvalue weighted by atomic mass is 16.6. The van der Waals surface area contributed by atoms with Crippen molar-refractivity contribution in [1.29, 1.82) is 0 Å². The third-order valence-corrected chi connectivity index (χ3v) is 4.90. The fraction of sp³-hybridized carbons (Fsp3) is 0.958. The molecule has 1 saturated carbocycles. The first kappa shape index (κ1) is 31.5. The van der Waals surface area contributed by atoms with Crippen LogP contribution in [0.15, 0.2) is 0 Å². The summed E-state index contributed by atoms with van der Waals surface area (Å²) in [4.78, 5) is 9.91. The molecule has 6 nitrogen and oxygen atoms in total. The second-order valence-electron chi connectivity index (χ2n) is 8.09. The molecule has 1 N–H and O–H groups in total. The fourth-order valence-electron chi connectivity index (χ4n) is 3.03. The minimum absolute atomic E-state index is 0.246. The van der Waals surface area contributed by atoms with Crippen molar-refractivity contribution in [3.63, 3.8) is 0 Å². The van der Waals surface area contributed by atoms with Gasteiger partial charge in [-0.2, -0.15) is 0 Å². The van der Waals surface area contributed by atoms with Gasteiger partial charge in [0.2, 0.25) is 6.41 Å². The van der Waals surface area contributed by atoms with Crippen LogP contribution in [0.25, 0.3) is 0 Å². The van der Waals surface area contributed by atoms with Crippen molar-refractivity contribution in [3.05, 3.63) is 0 Å². The van der Waals surface area contributed by atoms with Crippen LogP contribution in [0.5, 0.6) is 0 Å². The molecule has 0 heterocycles. The Morgan fingerprint density at radius 2 is 1.27 bits per heavy atom. The molecule has 1 fully saturated rings. The van der Waals surface area contributed by atoms with Crippen molar-refractivity contribution in [1.82, 2.24) is 5.32 Å². The van der Waals surface area contributed by atoms with E-state index in [9.17, 15) is 4.79 Å². The Morgan fingerprint density at radius 1 is 0.800 bits per heavy atom. The standard InChI is InChI=1S/C12H25NO5.C10H20.C2H6/c1-12(2)18-10-9-17-8-7-16-6-5-15-4-3-13-11-14;1-8(2)10-6-4-9(3)5-7-10;1-2/h11-12H,3-10H2,1-2H3,(H,13,14);8-10H,4-7H2,1-3H3;1-2H3. The molecule has 1 amide bonds. The molecule has 1 aliphatic carbocycles. The van der Waals surface area contributed by atoms with Gasteiger partial charge >= 0.3 is 0 Å².